The number of hydrogen-bond acceptors (Lipinski definition) is 6. The zero-order valence-electron chi connectivity index (χ0n) is 14.7. The maximum absolute atomic E-state index is 9.70. The molecule has 0 aliphatic carbocycles. The van der Waals surface area contributed by atoms with Crippen LogP contribution in [0.4, 0.5) is 11.8 Å². The first-order valence-corrected chi connectivity index (χ1v) is 9.33. The summed E-state index contributed by atoms with van der Waals surface area (Å²) < 4.78 is 0. The maximum atomic E-state index is 9.70. The van der Waals surface area contributed by atoms with Crippen LogP contribution in [0, 0.1) is 5.41 Å². The fourth-order valence-corrected chi connectivity index (χ4v) is 4.63. The molecule has 0 amide bonds. The van der Waals surface area contributed by atoms with Gasteiger partial charge in [0.1, 0.15) is 5.82 Å². The van der Waals surface area contributed by atoms with Gasteiger partial charge in [0.2, 0.25) is 5.95 Å². The quantitative estimate of drug-likeness (QED) is 0.883. The summed E-state index contributed by atoms with van der Waals surface area (Å²) in [6, 6.07) is 2.00. The van der Waals surface area contributed by atoms with Crippen LogP contribution in [0.15, 0.2) is 12.3 Å². The highest BCUT2D eigenvalue weighted by Crippen LogP contribution is 2.39. The van der Waals surface area contributed by atoms with Gasteiger partial charge < -0.3 is 19.8 Å². The Bertz CT molecular complexity index is 570. The SMILES string of the molecule is CN1CC[C@@]2(CCCN(c3nccc(N4CCC(O)CC4)n3)C2)C1. The highest BCUT2D eigenvalue weighted by Gasteiger charge is 2.40. The highest BCUT2D eigenvalue weighted by molar-refractivity contribution is 5.44. The molecule has 4 rings (SSSR count). The van der Waals surface area contributed by atoms with E-state index in [4.69, 9.17) is 4.98 Å². The molecule has 24 heavy (non-hydrogen) atoms. The highest BCUT2D eigenvalue weighted by atomic mass is 16.3. The van der Waals surface area contributed by atoms with Crippen LogP contribution in [0.1, 0.15) is 32.1 Å². The minimum atomic E-state index is -0.149. The Kier molecular flexibility index (Phi) is 4.35. The molecule has 3 fully saturated rings. The Labute approximate surface area is 144 Å². The molecule has 0 saturated carbocycles. The number of rotatable bonds is 2. The van der Waals surface area contributed by atoms with Gasteiger partial charge in [0.25, 0.3) is 0 Å². The van der Waals surface area contributed by atoms with Gasteiger partial charge in [-0.1, -0.05) is 0 Å². The average molecular weight is 331 g/mol. The van der Waals surface area contributed by atoms with Crippen LogP contribution < -0.4 is 9.80 Å². The van der Waals surface area contributed by atoms with E-state index in [0.29, 0.717) is 5.41 Å². The Morgan fingerprint density at radius 3 is 2.67 bits per heavy atom. The van der Waals surface area contributed by atoms with Crippen molar-refractivity contribution in [1.29, 1.82) is 0 Å². The van der Waals surface area contributed by atoms with Crippen LogP contribution in [0.5, 0.6) is 0 Å². The van der Waals surface area contributed by atoms with E-state index in [9.17, 15) is 5.11 Å². The minimum absolute atomic E-state index is 0.149. The third-order valence-corrected chi connectivity index (χ3v) is 5.99. The van der Waals surface area contributed by atoms with Gasteiger partial charge in [-0.15, -0.1) is 0 Å². The minimum Gasteiger partial charge on any atom is -0.393 e. The fourth-order valence-electron chi connectivity index (χ4n) is 4.63. The molecular formula is C18H29N5O. The lowest BCUT2D eigenvalue weighted by Crippen LogP contribution is -2.45. The van der Waals surface area contributed by atoms with E-state index in [-0.39, 0.29) is 6.10 Å². The maximum Gasteiger partial charge on any atom is 0.227 e. The molecule has 0 radical (unpaired) electrons. The number of aliphatic hydroxyl groups is 1. The van der Waals surface area contributed by atoms with E-state index in [1.807, 2.05) is 12.3 Å². The van der Waals surface area contributed by atoms with Crippen molar-refractivity contribution in [3.63, 3.8) is 0 Å². The van der Waals surface area contributed by atoms with Crippen LogP contribution in [0.2, 0.25) is 0 Å². The van der Waals surface area contributed by atoms with Gasteiger partial charge in [0.05, 0.1) is 6.10 Å². The summed E-state index contributed by atoms with van der Waals surface area (Å²) in [5.74, 6) is 1.89. The van der Waals surface area contributed by atoms with Crippen molar-refractivity contribution in [3.05, 3.63) is 12.3 Å². The first kappa shape index (κ1) is 16.1. The number of aliphatic hydroxyl groups excluding tert-OH is 1. The van der Waals surface area contributed by atoms with Crippen LogP contribution in [-0.4, -0.2) is 72.4 Å². The van der Waals surface area contributed by atoms with Crippen molar-refractivity contribution in [2.75, 3.05) is 56.1 Å². The molecule has 1 aromatic rings. The van der Waals surface area contributed by atoms with Gasteiger partial charge in [-0.05, 0) is 51.8 Å². The monoisotopic (exact) mass is 331 g/mol. The average Bonchev–Trinajstić information content (AvgIpc) is 2.95. The van der Waals surface area contributed by atoms with Crippen LogP contribution in [0.25, 0.3) is 0 Å². The summed E-state index contributed by atoms with van der Waals surface area (Å²) in [5.41, 5.74) is 0.432. The molecule has 3 saturated heterocycles. The van der Waals surface area contributed by atoms with Crippen LogP contribution >= 0.6 is 0 Å². The number of piperidine rings is 2. The Hall–Kier alpha value is -1.40. The number of likely N-dealkylation sites (tertiary alicyclic amines) is 1. The summed E-state index contributed by atoms with van der Waals surface area (Å²) in [6.07, 6.45) is 7.27. The van der Waals surface area contributed by atoms with Gasteiger partial charge >= 0.3 is 0 Å². The van der Waals surface area contributed by atoms with Crippen LogP contribution in [-0.2, 0) is 0 Å². The summed E-state index contributed by atoms with van der Waals surface area (Å²) in [7, 11) is 2.23. The molecule has 132 valence electrons. The number of nitrogens with zero attached hydrogens (tertiary/aromatic N) is 5. The van der Waals surface area contributed by atoms with E-state index in [1.165, 1.54) is 32.4 Å². The third-order valence-electron chi connectivity index (χ3n) is 5.99. The second-order valence-electron chi connectivity index (χ2n) is 7.95. The van der Waals surface area contributed by atoms with Crippen molar-refractivity contribution >= 4 is 11.8 Å². The predicted octanol–water partition coefficient (Wildman–Crippen LogP) is 1.36. The van der Waals surface area contributed by atoms with Gasteiger partial charge in [0.15, 0.2) is 0 Å². The fraction of sp³-hybridized carbons (Fsp3) is 0.778. The number of hydrogen-bond donors (Lipinski definition) is 1. The standard InChI is InChI=1S/C18H29N5O/c1-21-12-7-18(13-21)6-2-9-23(14-18)17-19-8-3-16(20-17)22-10-4-15(24)5-11-22/h3,8,15,24H,2,4-7,9-14H2,1H3/t18-/m0/s1. The molecule has 1 atom stereocenters. The van der Waals surface area contributed by atoms with Crippen LogP contribution in [0.3, 0.4) is 0 Å². The largest absolute Gasteiger partial charge is 0.393 e. The third kappa shape index (κ3) is 3.22. The second-order valence-corrected chi connectivity index (χ2v) is 7.95. The van der Waals surface area contributed by atoms with Gasteiger partial charge in [-0.2, -0.15) is 4.98 Å². The molecule has 6 nitrogen and oxygen atoms in total. The molecule has 0 unspecified atom stereocenters. The summed E-state index contributed by atoms with van der Waals surface area (Å²) in [6.45, 7) is 6.32. The Morgan fingerprint density at radius 2 is 1.92 bits per heavy atom. The molecule has 3 aliphatic rings. The molecular weight excluding hydrogens is 302 g/mol. The van der Waals surface area contributed by atoms with E-state index >= 15 is 0 Å². The van der Waals surface area contributed by atoms with E-state index < -0.39 is 0 Å². The molecule has 0 bridgehead atoms. The van der Waals surface area contributed by atoms with E-state index in [2.05, 4.69) is 26.7 Å². The van der Waals surface area contributed by atoms with Crippen molar-refractivity contribution < 1.29 is 5.11 Å². The molecule has 6 heteroatoms. The van der Waals surface area contributed by atoms with Gasteiger partial charge in [0, 0.05) is 44.3 Å². The molecule has 4 heterocycles. The Balaban J connectivity index is 1.49. The summed E-state index contributed by atoms with van der Waals surface area (Å²) in [5, 5.41) is 9.70. The number of aromatic nitrogens is 2. The van der Waals surface area contributed by atoms with E-state index in [1.54, 1.807) is 0 Å². The zero-order valence-corrected chi connectivity index (χ0v) is 14.7. The van der Waals surface area contributed by atoms with Crippen molar-refractivity contribution in [1.82, 2.24) is 14.9 Å². The smallest absolute Gasteiger partial charge is 0.227 e. The molecule has 3 aliphatic heterocycles. The first-order valence-electron chi connectivity index (χ1n) is 9.33. The van der Waals surface area contributed by atoms with Crippen molar-refractivity contribution in [2.45, 2.75) is 38.2 Å². The second kappa shape index (κ2) is 6.48. The molecule has 1 aromatic heterocycles. The molecule has 0 aromatic carbocycles. The lowest BCUT2D eigenvalue weighted by Gasteiger charge is -2.40. The van der Waals surface area contributed by atoms with Crippen molar-refractivity contribution in [2.24, 2.45) is 5.41 Å². The topological polar surface area (TPSA) is 55.7 Å². The van der Waals surface area contributed by atoms with Gasteiger partial charge in [-0.3, -0.25) is 0 Å². The normalized spacial score (nSPS) is 29.6. The molecule has 1 spiro atoms. The van der Waals surface area contributed by atoms with E-state index in [0.717, 1.165) is 50.8 Å². The van der Waals surface area contributed by atoms with Gasteiger partial charge in [-0.25, -0.2) is 4.98 Å². The summed E-state index contributed by atoms with van der Waals surface area (Å²) in [4.78, 5) is 16.6. The number of anilines is 2. The van der Waals surface area contributed by atoms with Crippen molar-refractivity contribution in [3.8, 4) is 0 Å². The zero-order chi connectivity index (χ0) is 16.6. The summed E-state index contributed by atoms with van der Waals surface area (Å²) >= 11 is 0. The predicted molar refractivity (Wildman–Crippen MR) is 95.5 cm³/mol. The lowest BCUT2D eigenvalue weighted by atomic mass is 9.79. The molecule has 1 N–H and O–H groups in total. The lowest BCUT2D eigenvalue weighted by molar-refractivity contribution is 0.145. The Morgan fingerprint density at radius 1 is 1.08 bits per heavy atom. The first-order chi connectivity index (χ1) is 11.6.